The van der Waals surface area contributed by atoms with Crippen LogP contribution in [0.2, 0.25) is 5.02 Å². The van der Waals surface area contributed by atoms with Gasteiger partial charge in [-0.1, -0.05) is 11.6 Å². The van der Waals surface area contributed by atoms with Crippen LogP contribution in [0.3, 0.4) is 0 Å². The molecule has 2 aromatic rings. The van der Waals surface area contributed by atoms with Crippen LogP contribution in [0.5, 0.6) is 5.75 Å². The normalized spacial score (nSPS) is 10.0. The predicted molar refractivity (Wildman–Crippen MR) is 74.6 cm³/mol. The molecule has 0 spiro atoms. The first-order valence-corrected chi connectivity index (χ1v) is 5.84. The molecule has 0 fully saturated rings. The van der Waals surface area contributed by atoms with Crippen LogP contribution in [-0.2, 0) is 0 Å². The molecule has 0 aliphatic rings. The Morgan fingerprint density at radius 2 is 2.16 bits per heavy atom. The lowest BCUT2D eigenvalue weighted by atomic mass is 10.1. The van der Waals surface area contributed by atoms with Gasteiger partial charge in [0.1, 0.15) is 11.6 Å². The molecule has 19 heavy (non-hydrogen) atoms. The lowest BCUT2D eigenvalue weighted by Crippen LogP contribution is -2.13. The Kier molecular flexibility index (Phi) is 3.87. The van der Waals surface area contributed by atoms with Crippen molar-refractivity contribution in [2.75, 3.05) is 18.2 Å². The summed E-state index contributed by atoms with van der Waals surface area (Å²) in [5.74, 6) is 0.616. The molecular weight excluding hydrogens is 266 g/mol. The van der Waals surface area contributed by atoms with Crippen molar-refractivity contribution in [1.82, 2.24) is 4.98 Å². The number of hydrogen-bond acceptors (Lipinski definition) is 4. The standard InChI is InChI=1S/C13H12ClN3O2/c1-19-11-5-8(4-10(15)6-11)13(18)17-12-3-2-9(14)7-16-12/h2-7H,15H2,1H3,(H,16,17,18). The van der Waals surface area contributed by atoms with Crippen molar-refractivity contribution in [2.24, 2.45) is 0 Å². The van der Waals surface area contributed by atoms with Crippen LogP contribution in [0.4, 0.5) is 11.5 Å². The van der Waals surface area contributed by atoms with E-state index in [-0.39, 0.29) is 5.91 Å². The van der Waals surface area contributed by atoms with Crippen LogP contribution in [0.25, 0.3) is 0 Å². The molecule has 0 radical (unpaired) electrons. The zero-order valence-corrected chi connectivity index (χ0v) is 10.9. The summed E-state index contributed by atoms with van der Waals surface area (Å²) in [5, 5.41) is 3.15. The molecule has 0 unspecified atom stereocenters. The minimum Gasteiger partial charge on any atom is -0.497 e. The van der Waals surface area contributed by atoms with E-state index in [4.69, 9.17) is 22.1 Å². The fourth-order valence-corrected chi connectivity index (χ4v) is 1.62. The van der Waals surface area contributed by atoms with Crippen LogP contribution in [0, 0.1) is 0 Å². The van der Waals surface area contributed by atoms with Crippen molar-refractivity contribution in [1.29, 1.82) is 0 Å². The molecule has 1 heterocycles. The highest BCUT2D eigenvalue weighted by Crippen LogP contribution is 2.19. The number of nitrogens with two attached hydrogens (primary N) is 1. The first-order valence-electron chi connectivity index (χ1n) is 5.46. The molecule has 1 aromatic heterocycles. The van der Waals surface area contributed by atoms with E-state index in [0.717, 1.165) is 0 Å². The third-order valence-corrected chi connectivity index (χ3v) is 2.62. The predicted octanol–water partition coefficient (Wildman–Crippen LogP) is 2.58. The van der Waals surface area contributed by atoms with Gasteiger partial charge in [-0.3, -0.25) is 4.79 Å². The number of halogens is 1. The summed E-state index contributed by atoms with van der Waals surface area (Å²) >= 11 is 5.72. The molecule has 0 aliphatic heterocycles. The number of aromatic nitrogens is 1. The van der Waals surface area contributed by atoms with Crippen LogP contribution in [0.1, 0.15) is 10.4 Å². The summed E-state index contributed by atoms with van der Waals surface area (Å²) in [6.45, 7) is 0. The van der Waals surface area contributed by atoms with E-state index in [1.165, 1.54) is 13.3 Å². The van der Waals surface area contributed by atoms with E-state index in [9.17, 15) is 4.79 Å². The number of nitrogens with zero attached hydrogens (tertiary/aromatic N) is 1. The molecule has 0 bridgehead atoms. The van der Waals surface area contributed by atoms with Gasteiger partial charge in [0.2, 0.25) is 0 Å². The molecule has 0 saturated carbocycles. The summed E-state index contributed by atoms with van der Waals surface area (Å²) in [5.41, 5.74) is 6.54. The number of nitrogen functional groups attached to an aromatic ring is 1. The molecule has 98 valence electrons. The van der Waals surface area contributed by atoms with Crippen LogP contribution < -0.4 is 15.8 Å². The third-order valence-electron chi connectivity index (χ3n) is 2.40. The Bertz CT molecular complexity index is 599. The van der Waals surface area contributed by atoms with E-state index in [1.807, 2.05) is 0 Å². The molecule has 5 nitrogen and oxygen atoms in total. The molecule has 1 aromatic carbocycles. The fourth-order valence-electron chi connectivity index (χ4n) is 1.51. The fraction of sp³-hybridized carbons (Fsp3) is 0.0769. The lowest BCUT2D eigenvalue weighted by Gasteiger charge is -2.07. The SMILES string of the molecule is COc1cc(N)cc(C(=O)Nc2ccc(Cl)cn2)c1. The number of ether oxygens (including phenoxy) is 1. The summed E-state index contributed by atoms with van der Waals surface area (Å²) in [7, 11) is 1.51. The molecular formula is C13H12ClN3O2. The van der Waals surface area contributed by atoms with Gasteiger partial charge in [0.05, 0.1) is 12.1 Å². The Morgan fingerprint density at radius 1 is 1.37 bits per heavy atom. The Hall–Kier alpha value is -2.27. The lowest BCUT2D eigenvalue weighted by molar-refractivity contribution is 0.102. The van der Waals surface area contributed by atoms with Gasteiger partial charge >= 0.3 is 0 Å². The average molecular weight is 278 g/mol. The van der Waals surface area contributed by atoms with E-state index >= 15 is 0 Å². The van der Waals surface area contributed by atoms with Gasteiger partial charge in [-0.2, -0.15) is 0 Å². The van der Waals surface area contributed by atoms with Gasteiger partial charge in [0.15, 0.2) is 0 Å². The summed E-state index contributed by atoms with van der Waals surface area (Å²) < 4.78 is 5.06. The third kappa shape index (κ3) is 3.35. The first-order chi connectivity index (χ1) is 9.08. The Balaban J connectivity index is 2.20. The van der Waals surface area contributed by atoms with Gasteiger partial charge in [-0.15, -0.1) is 0 Å². The molecule has 1 amide bonds. The second kappa shape index (κ2) is 5.58. The summed E-state index contributed by atoms with van der Waals surface area (Å²) in [4.78, 5) is 16.0. The van der Waals surface area contributed by atoms with E-state index in [2.05, 4.69) is 10.3 Å². The van der Waals surface area contributed by atoms with Crippen LogP contribution >= 0.6 is 11.6 Å². The number of anilines is 2. The van der Waals surface area contributed by atoms with Crippen molar-refractivity contribution in [3.05, 3.63) is 47.1 Å². The van der Waals surface area contributed by atoms with Crippen molar-refractivity contribution in [3.63, 3.8) is 0 Å². The maximum Gasteiger partial charge on any atom is 0.257 e. The highest BCUT2D eigenvalue weighted by Gasteiger charge is 2.09. The van der Waals surface area contributed by atoms with Gasteiger partial charge in [-0.25, -0.2) is 4.98 Å². The zero-order chi connectivity index (χ0) is 13.8. The number of hydrogen-bond donors (Lipinski definition) is 2. The monoisotopic (exact) mass is 277 g/mol. The highest BCUT2D eigenvalue weighted by molar-refractivity contribution is 6.30. The van der Waals surface area contributed by atoms with E-state index in [1.54, 1.807) is 30.3 Å². The van der Waals surface area contributed by atoms with Gasteiger partial charge < -0.3 is 15.8 Å². The summed E-state index contributed by atoms with van der Waals surface area (Å²) in [6, 6.07) is 8.06. The van der Waals surface area contributed by atoms with Gasteiger partial charge in [0, 0.05) is 23.5 Å². The van der Waals surface area contributed by atoms with Crippen molar-refractivity contribution < 1.29 is 9.53 Å². The Morgan fingerprint density at radius 3 is 2.79 bits per heavy atom. The second-order valence-corrected chi connectivity index (χ2v) is 4.25. The topological polar surface area (TPSA) is 77.2 Å². The first kappa shape index (κ1) is 13.2. The molecule has 2 rings (SSSR count). The minimum absolute atomic E-state index is 0.319. The minimum atomic E-state index is -0.319. The molecule has 6 heteroatoms. The number of rotatable bonds is 3. The second-order valence-electron chi connectivity index (χ2n) is 3.81. The number of nitrogens with one attached hydrogen (secondary N) is 1. The van der Waals surface area contributed by atoms with Gasteiger partial charge in [0.25, 0.3) is 5.91 Å². The quantitative estimate of drug-likeness (QED) is 0.846. The van der Waals surface area contributed by atoms with Crippen LogP contribution in [0.15, 0.2) is 36.5 Å². The number of pyridine rings is 1. The average Bonchev–Trinajstić information content (AvgIpc) is 2.40. The number of carbonyl (C=O) groups excluding carboxylic acids is 1. The number of carbonyl (C=O) groups is 1. The number of methoxy groups -OCH3 is 1. The smallest absolute Gasteiger partial charge is 0.257 e. The maximum atomic E-state index is 12.0. The molecule has 0 aliphatic carbocycles. The highest BCUT2D eigenvalue weighted by atomic mass is 35.5. The summed E-state index contributed by atoms with van der Waals surface area (Å²) in [6.07, 6.45) is 1.46. The van der Waals surface area contributed by atoms with Crippen molar-refractivity contribution >= 4 is 29.0 Å². The molecule has 3 N–H and O–H groups in total. The molecule has 0 saturated heterocycles. The van der Waals surface area contributed by atoms with Crippen LogP contribution in [-0.4, -0.2) is 18.0 Å². The van der Waals surface area contributed by atoms with Crippen molar-refractivity contribution in [2.45, 2.75) is 0 Å². The Labute approximate surface area is 115 Å². The van der Waals surface area contributed by atoms with E-state index < -0.39 is 0 Å². The van der Waals surface area contributed by atoms with Crippen molar-refractivity contribution in [3.8, 4) is 5.75 Å². The maximum absolute atomic E-state index is 12.0. The molecule has 0 atom stereocenters. The van der Waals surface area contributed by atoms with Gasteiger partial charge in [-0.05, 0) is 24.3 Å². The number of benzene rings is 1. The largest absolute Gasteiger partial charge is 0.497 e. The zero-order valence-electron chi connectivity index (χ0n) is 10.2. The van der Waals surface area contributed by atoms with E-state index in [0.29, 0.717) is 27.8 Å². The number of amides is 1.